The maximum Gasteiger partial charge on any atom is 0.251 e. The monoisotopic (exact) mass is 358 g/mol. The summed E-state index contributed by atoms with van der Waals surface area (Å²) in [6.07, 6.45) is 0.712. The van der Waals surface area contributed by atoms with Gasteiger partial charge in [-0.15, -0.1) is 0 Å². The van der Waals surface area contributed by atoms with E-state index in [-0.39, 0.29) is 10.8 Å². The van der Waals surface area contributed by atoms with E-state index in [9.17, 15) is 13.2 Å². The lowest BCUT2D eigenvalue weighted by Gasteiger charge is -2.27. The molecule has 0 aliphatic carbocycles. The Morgan fingerprint density at radius 2 is 1.88 bits per heavy atom. The third-order valence-electron chi connectivity index (χ3n) is 4.45. The fourth-order valence-corrected chi connectivity index (χ4v) is 4.47. The molecule has 1 heterocycles. The molecule has 0 fully saturated rings. The molecule has 0 spiro atoms. The summed E-state index contributed by atoms with van der Waals surface area (Å²) in [7, 11) is -3.77. The Balaban J connectivity index is 1.94. The van der Waals surface area contributed by atoms with Crippen molar-refractivity contribution in [3.63, 3.8) is 0 Å². The number of benzene rings is 2. The van der Waals surface area contributed by atoms with Crippen LogP contribution in [-0.2, 0) is 22.0 Å². The number of sulfonamides is 1. The molecular formula is C19H22N2O3S. The largest absolute Gasteiger partial charge is 0.352 e. The van der Waals surface area contributed by atoms with Crippen molar-refractivity contribution >= 4 is 15.9 Å². The lowest BCUT2D eigenvalue weighted by Crippen LogP contribution is -2.41. The molecule has 6 heteroatoms. The second kappa shape index (κ2) is 6.28. The van der Waals surface area contributed by atoms with Gasteiger partial charge in [-0.1, -0.05) is 35.9 Å². The molecule has 5 nitrogen and oxygen atoms in total. The number of hydrogen-bond donors (Lipinski definition) is 2. The fourth-order valence-electron chi connectivity index (χ4n) is 3.05. The van der Waals surface area contributed by atoms with E-state index in [1.807, 2.05) is 45.0 Å². The van der Waals surface area contributed by atoms with E-state index < -0.39 is 15.6 Å². The van der Waals surface area contributed by atoms with E-state index in [2.05, 4.69) is 10.0 Å². The minimum absolute atomic E-state index is 0.101. The average Bonchev–Trinajstić information content (AvgIpc) is 2.54. The van der Waals surface area contributed by atoms with Gasteiger partial charge in [-0.25, -0.2) is 13.1 Å². The molecule has 132 valence electrons. The van der Waals surface area contributed by atoms with Crippen LogP contribution in [0.15, 0.2) is 47.4 Å². The maximum atomic E-state index is 12.9. The molecule has 1 aliphatic rings. The van der Waals surface area contributed by atoms with Crippen LogP contribution in [-0.4, -0.2) is 20.9 Å². The van der Waals surface area contributed by atoms with Crippen LogP contribution in [0.5, 0.6) is 0 Å². The van der Waals surface area contributed by atoms with Crippen molar-refractivity contribution in [1.29, 1.82) is 0 Å². The predicted molar refractivity (Wildman–Crippen MR) is 97.0 cm³/mol. The summed E-state index contributed by atoms with van der Waals surface area (Å²) in [5.74, 6) is -0.226. The van der Waals surface area contributed by atoms with Gasteiger partial charge < -0.3 is 5.32 Å². The van der Waals surface area contributed by atoms with Crippen molar-refractivity contribution in [3.05, 3.63) is 64.7 Å². The molecule has 3 rings (SSSR count). The van der Waals surface area contributed by atoms with E-state index in [1.165, 1.54) is 6.07 Å². The Morgan fingerprint density at radius 3 is 2.60 bits per heavy atom. The van der Waals surface area contributed by atoms with Crippen LogP contribution in [0.3, 0.4) is 0 Å². The van der Waals surface area contributed by atoms with Gasteiger partial charge in [0.05, 0.1) is 10.4 Å². The molecule has 1 amide bonds. The van der Waals surface area contributed by atoms with Gasteiger partial charge in [0.15, 0.2) is 0 Å². The summed E-state index contributed by atoms with van der Waals surface area (Å²) < 4.78 is 28.5. The van der Waals surface area contributed by atoms with Gasteiger partial charge in [0.25, 0.3) is 5.91 Å². The standard InChI is InChI=1S/C19H22N2O3S/c1-13-5-4-6-15(11-13)19(2,3)21-25(23,24)16-8-7-14-9-10-20-18(22)17(14)12-16/h4-8,11-12,21H,9-10H2,1-3H3,(H,20,22). The van der Waals surface area contributed by atoms with Crippen LogP contribution >= 0.6 is 0 Å². The van der Waals surface area contributed by atoms with Crippen LogP contribution in [0, 0.1) is 6.92 Å². The topological polar surface area (TPSA) is 75.3 Å². The third-order valence-corrected chi connectivity index (χ3v) is 6.10. The Hall–Kier alpha value is -2.18. The minimum Gasteiger partial charge on any atom is -0.352 e. The molecule has 0 atom stereocenters. The molecule has 0 radical (unpaired) electrons. The molecule has 2 aromatic carbocycles. The highest BCUT2D eigenvalue weighted by atomic mass is 32.2. The quantitative estimate of drug-likeness (QED) is 0.882. The molecule has 2 aromatic rings. The summed E-state index contributed by atoms with van der Waals surface area (Å²) in [5, 5.41) is 2.74. The van der Waals surface area contributed by atoms with Crippen molar-refractivity contribution in [2.45, 2.75) is 37.6 Å². The molecule has 0 unspecified atom stereocenters. The van der Waals surface area contributed by atoms with Crippen LogP contribution in [0.25, 0.3) is 0 Å². The first kappa shape index (κ1) is 17.6. The van der Waals surface area contributed by atoms with E-state index in [4.69, 9.17) is 0 Å². The van der Waals surface area contributed by atoms with E-state index >= 15 is 0 Å². The highest BCUT2D eigenvalue weighted by Gasteiger charge is 2.29. The molecule has 1 aliphatic heterocycles. The molecule has 0 saturated carbocycles. The Morgan fingerprint density at radius 1 is 1.12 bits per heavy atom. The first-order valence-electron chi connectivity index (χ1n) is 8.21. The van der Waals surface area contributed by atoms with Gasteiger partial charge in [0.1, 0.15) is 0 Å². The van der Waals surface area contributed by atoms with Gasteiger partial charge in [-0.05, 0) is 50.5 Å². The second-order valence-corrected chi connectivity index (χ2v) is 8.61. The Labute approximate surface area is 148 Å². The highest BCUT2D eigenvalue weighted by molar-refractivity contribution is 7.89. The zero-order chi connectivity index (χ0) is 18.2. The van der Waals surface area contributed by atoms with Gasteiger partial charge in [-0.2, -0.15) is 0 Å². The number of aryl methyl sites for hydroxylation is 1. The fraction of sp³-hybridized carbons (Fsp3) is 0.316. The van der Waals surface area contributed by atoms with E-state index in [1.54, 1.807) is 12.1 Å². The second-order valence-electron chi connectivity index (χ2n) is 6.92. The smallest absolute Gasteiger partial charge is 0.251 e. The number of carbonyl (C=O) groups is 1. The lowest BCUT2D eigenvalue weighted by atomic mass is 9.94. The SMILES string of the molecule is Cc1cccc(C(C)(C)NS(=O)(=O)c2ccc3c(c2)C(=O)NCC3)c1. The highest BCUT2D eigenvalue weighted by Crippen LogP contribution is 2.25. The lowest BCUT2D eigenvalue weighted by molar-refractivity contribution is 0.0945. The first-order valence-corrected chi connectivity index (χ1v) is 9.70. The number of nitrogens with one attached hydrogen (secondary N) is 2. The molecular weight excluding hydrogens is 336 g/mol. The van der Waals surface area contributed by atoms with Gasteiger partial charge in [0.2, 0.25) is 10.0 Å². The Kier molecular flexibility index (Phi) is 4.43. The first-order chi connectivity index (χ1) is 11.7. The van der Waals surface area contributed by atoms with Crippen LogP contribution in [0.2, 0.25) is 0 Å². The number of amides is 1. The van der Waals surface area contributed by atoms with Crippen LogP contribution in [0.1, 0.15) is 40.9 Å². The summed E-state index contributed by atoms with van der Waals surface area (Å²) in [4.78, 5) is 12.1. The minimum atomic E-state index is -3.77. The molecule has 25 heavy (non-hydrogen) atoms. The average molecular weight is 358 g/mol. The van der Waals surface area contributed by atoms with Crippen LogP contribution in [0.4, 0.5) is 0 Å². The molecule has 0 aromatic heterocycles. The molecule has 2 N–H and O–H groups in total. The maximum absolute atomic E-state index is 12.9. The number of carbonyl (C=O) groups excluding carboxylic acids is 1. The zero-order valence-electron chi connectivity index (χ0n) is 14.6. The van der Waals surface area contributed by atoms with Gasteiger partial charge in [-0.3, -0.25) is 4.79 Å². The molecule has 0 saturated heterocycles. The summed E-state index contributed by atoms with van der Waals surface area (Å²) in [6.45, 7) is 6.20. The van der Waals surface area contributed by atoms with E-state index in [0.717, 1.165) is 16.7 Å². The molecule has 0 bridgehead atoms. The Bertz CT molecular complexity index is 933. The number of rotatable bonds is 4. The van der Waals surface area contributed by atoms with Crippen molar-refractivity contribution in [2.24, 2.45) is 0 Å². The van der Waals surface area contributed by atoms with Gasteiger partial charge >= 0.3 is 0 Å². The van der Waals surface area contributed by atoms with Crippen LogP contribution < -0.4 is 10.0 Å². The van der Waals surface area contributed by atoms with Gasteiger partial charge in [0, 0.05) is 12.1 Å². The number of fused-ring (bicyclic) bond motifs is 1. The van der Waals surface area contributed by atoms with E-state index in [0.29, 0.717) is 18.5 Å². The van der Waals surface area contributed by atoms with Crippen molar-refractivity contribution in [2.75, 3.05) is 6.54 Å². The summed E-state index contributed by atoms with van der Waals surface area (Å²) in [5.41, 5.74) is 2.48. The summed E-state index contributed by atoms with van der Waals surface area (Å²) >= 11 is 0. The summed E-state index contributed by atoms with van der Waals surface area (Å²) in [6, 6.07) is 12.5. The third kappa shape index (κ3) is 3.60. The number of hydrogen-bond acceptors (Lipinski definition) is 3. The zero-order valence-corrected chi connectivity index (χ0v) is 15.4. The van der Waals surface area contributed by atoms with Crippen molar-refractivity contribution in [1.82, 2.24) is 10.0 Å². The van der Waals surface area contributed by atoms with Crippen molar-refractivity contribution < 1.29 is 13.2 Å². The predicted octanol–water partition coefficient (Wildman–Crippen LogP) is 2.49. The van der Waals surface area contributed by atoms with Crippen molar-refractivity contribution in [3.8, 4) is 0 Å². The normalized spacial score (nSPS) is 14.8.